The quantitative estimate of drug-likeness (QED) is 0.864. The smallest absolute Gasteiger partial charge is 0.257 e. The van der Waals surface area contributed by atoms with Crippen molar-refractivity contribution in [1.29, 1.82) is 0 Å². The van der Waals surface area contributed by atoms with Crippen LogP contribution >= 0.6 is 0 Å². The average molecular weight is 309 g/mol. The summed E-state index contributed by atoms with van der Waals surface area (Å²) in [6.45, 7) is 6.72. The first-order chi connectivity index (χ1) is 10.6. The van der Waals surface area contributed by atoms with Crippen LogP contribution in [0.4, 0.5) is 0 Å². The van der Waals surface area contributed by atoms with Crippen LogP contribution < -0.4 is 0 Å². The highest BCUT2D eigenvalue weighted by Crippen LogP contribution is 2.33. The minimum absolute atomic E-state index is 0.0205. The number of nitrogens with zero attached hydrogens (tertiary/aromatic N) is 3. The summed E-state index contributed by atoms with van der Waals surface area (Å²) in [5.41, 5.74) is 1.34. The first-order valence-electron chi connectivity index (χ1n) is 7.98. The van der Waals surface area contributed by atoms with E-state index in [1.807, 2.05) is 23.4 Å². The van der Waals surface area contributed by atoms with Crippen molar-refractivity contribution in [3.05, 3.63) is 17.5 Å². The molecule has 0 aromatic carbocycles. The fourth-order valence-corrected chi connectivity index (χ4v) is 3.26. The van der Waals surface area contributed by atoms with Crippen molar-refractivity contribution in [2.45, 2.75) is 39.7 Å². The van der Waals surface area contributed by atoms with Crippen molar-refractivity contribution in [2.24, 2.45) is 5.41 Å². The van der Waals surface area contributed by atoms with E-state index < -0.39 is 0 Å². The number of aliphatic hydroxyl groups excluding tert-OH is 1. The van der Waals surface area contributed by atoms with E-state index in [0.29, 0.717) is 18.7 Å². The van der Waals surface area contributed by atoms with Crippen LogP contribution in [-0.4, -0.2) is 59.1 Å². The van der Waals surface area contributed by atoms with E-state index in [2.05, 4.69) is 5.10 Å². The molecule has 1 aliphatic heterocycles. The Bertz CT molecular complexity index is 515. The van der Waals surface area contributed by atoms with Crippen LogP contribution in [0.1, 0.15) is 42.2 Å². The minimum atomic E-state index is -0.238. The number of methoxy groups -OCH3 is 1. The van der Waals surface area contributed by atoms with Gasteiger partial charge in [-0.15, -0.1) is 0 Å². The molecule has 0 aliphatic carbocycles. The van der Waals surface area contributed by atoms with Crippen LogP contribution in [-0.2, 0) is 11.3 Å². The van der Waals surface area contributed by atoms with Gasteiger partial charge in [0.15, 0.2) is 0 Å². The van der Waals surface area contributed by atoms with Gasteiger partial charge < -0.3 is 14.7 Å². The molecule has 1 amide bonds. The molecule has 1 aromatic rings. The number of hydrogen-bond acceptors (Lipinski definition) is 4. The zero-order chi connectivity index (χ0) is 16.2. The van der Waals surface area contributed by atoms with Crippen molar-refractivity contribution in [2.75, 3.05) is 33.4 Å². The number of amides is 1. The van der Waals surface area contributed by atoms with Gasteiger partial charge >= 0.3 is 0 Å². The highest BCUT2D eigenvalue weighted by molar-refractivity contribution is 5.95. The summed E-state index contributed by atoms with van der Waals surface area (Å²) in [4.78, 5) is 14.6. The van der Waals surface area contributed by atoms with Gasteiger partial charge in [0.1, 0.15) is 0 Å². The number of carbonyl (C=O) groups excluding carboxylic acids is 1. The molecule has 1 aliphatic rings. The molecule has 0 saturated carbocycles. The summed E-state index contributed by atoms with van der Waals surface area (Å²) in [5, 5.41) is 14.1. The van der Waals surface area contributed by atoms with Crippen molar-refractivity contribution >= 4 is 5.91 Å². The third-order valence-corrected chi connectivity index (χ3v) is 4.75. The van der Waals surface area contributed by atoms with Gasteiger partial charge in [-0.05, 0) is 33.1 Å². The third kappa shape index (κ3) is 3.33. The topological polar surface area (TPSA) is 67.6 Å². The van der Waals surface area contributed by atoms with Crippen LogP contribution in [0, 0.1) is 12.3 Å². The number of hydrogen-bond donors (Lipinski definition) is 1. The van der Waals surface area contributed by atoms with Gasteiger partial charge in [0.05, 0.1) is 18.4 Å². The largest absolute Gasteiger partial charge is 0.396 e. The molecule has 1 aromatic heterocycles. The van der Waals surface area contributed by atoms with E-state index in [1.54, 1.807) is 13.3 Å². The molecule has 1 N–H and O–H groups in total. The number of likely N-dealkylation sites (tertiary alicyclic amines) is 1. The molecule has 0 unspecified atom stereocenters. The van der Waals surface area contributed by atoms with Crippen LogP contribution in [0.3, 0.4) is 0 Å². The number of carbonyl (C=O) groups is 1. The Hall–Kier alpha value is -1.40. The molecule has 0 radical (unpaired) electrons. The zero-order valence-electron chi connectivity index (χ0n) is 13.8. The Balaban J connectivity index is 2.13. The fraction of sp³-hybridized carbons (Fsp3) is 0.750. The van der Waals surface area contributed by atoms with E-state index in [1.165, 1.54) is 0 Å². The summed E-state index contributed by atoms with van der Waals surface area (Å²) in [5.74, 6) is 0.0205. The number of rotatable bonds is 6. The second kappa shape index (κ2) is 7.24. The Kier molecular flexibility index (Phi) is 5.58. The van der Waals surface area contributed by atoms with Crippen molar-refractivity contribution < 1.29 is 14.6 Å². The molecule has 0 bridgehead atoms. The molecular formula is C16H27N3O3. The van der Waals surface area contributed by atoms with E-state index in [4.69, 9.17) is 4.74 Å². The second-order valence-corrected chi connectivity index (χ2v) is 6.19. The normalized spacial score (nSPS) is 22.1. The van der Waals surface area contributed by atoms with Crippen molar-refractivity contribution in [3.8, 4) is 0 Å². The van der Waals surface area contributed by atoms with Gasteiger partial charge in [-0.2, -0.15) is 5.10 Å². The number of aromatic nitrogens is 2. The summed E-state index contributed by atoms with van der Waals surface area (Å²) < 4.78 is 7.00. The summed E-state index contributed by atoms with van der Waals surface area (Å²) in [6.07, 6.45) is 4.28. The van der Waals surface area contributed by atoms with Crippen LogP contribution in [0.2, 0.25) is 0 Å². The molecule has 2 heterocycles. The van der Waals surface area contributed by atoms with E-state index >= 15 is 0 Å². The van der Waals surface area contributed by atoms with E-state index in [0.717, 1.165) is 38.0 Å². The van der Waals surface area contributed by atoms with Gasteiger partial charge in [-0.3, -0.25) is 9.48 Å². The average Bonchev–Trinajstić information content (AvgIpc) is 2.93. The van der Waals surface area contributed by atoms with Crippen molar-refractivity contribution in [1.82, 2.24) is 14.7 Å². The maximum atomic E-state index is 12.8. The lowest BCUT2D eigenvalue weighted by Gasteiger charge is -2.41. The summed E-state index contributed by atoms with van der Waals surface area (Å²) in [7, 11) is 1.67. The molecule has 1 fully saturated rings. The monoisotopic (exact) mass is 309 g/mol. The fourth-order valence-electron chi connectivity index (χ4n) is 3.26. The maximum Gasteiger partial charge on any atom is 0.257 e. The van der Waals surface area contributed by atoms with Crippen LogP contribution in [0.5, 0.6) is 0 Å². The number of piperidine rings is 1. The molecule has 1 atom stereocenters. The summed E-state index contributed by atoms with van der Waals surface area (Å²) >= 11 is 0. The Morgan fingerprint density at radius 2 is 2.32 bits per heavy atom. The highest BCUT2D eigenvalue weighted by Gasteiger charge is 2.37. The molecule has 124 valence electrons. The Morgan fingerprint density at radius 3 is 2.91 bits per heavy atom. The predicted molar refractivity (Wildman–Crippen MR) is 83.8 cm³/mol. The van der Waals surface area contributed by atoms with Crippen LogP contribution in [0.15, 0.2) is 6.20 Å². The molecular weight excluding hydrogens is 282 g/mol. The summed E-state index contributed by atoms with van der Waals surface area (Å²) in [6, 6.07) is 0. The van der Waals surface area contributed by atoms with E-state index in [-0.39, 0.29) is 17.9 Å². The second-order valence-electron chi connectivity index (χ2n) is 6.19. The molecule has 6 nitrogen and oxygen atoms in total. The number of ether oxygens (including phenoxy) is 1. The van der Waals surface area contributed by atoms with Gasteiger partial charge in [-0.1, -0.05) is 0 Å². The molecule has 22 heavy (non-hydrogen) atoms. The van der Waals surface area contributed by atoms with Gasteiger partial charge in [0, 0.05) is 44.5 Å². The first-order valence-corrected chi connectivity index (χ1v) is 7.98. The standard InChI is InChI=1S/C16H27N3O3/c1-4-19-13(2)14(10-17-19)15(21)18-8-5-6-16(11-18,12-20)7-9-22-3/h10,20H,4-9,11-12H2,1-3H3/t16-/m1/s1. The Labute approximate surface area is 132 Å². The van der Waals surface area contributed by atoms with E-state index in [9.17, 15) is 9.90 Å². The predicted octanol–water partition coefficient (Wildman–Crippen LogP) is 1.46. The molecule has 1 saturated heterocycles. The molecule has 2 rings (SSSR count). The lowest BCUT2D eigenvalue weighted by atomic mass is 9.78. The van der Waals surface area contributed by atoms with Gasteiger partial charge in [0.2, 0.25) is 0 Å². The van der Waals surface area contributed by atoms with Gasteiger partial charge in [-0.25, -0.2) is 0 Å². The van der Waals surface area contributed by atoms with Crippen molar-refractivity contribution in [3.63, 3.8) is 0 Å². The SMILES string of the molecule is CCn1ncc(C(=O)N2CCC[C@@](CO)(CCOC)C2)c1C. The highest BCUT2D eigenvalue weighted by atomic mass is 16.5. The molecule has 0 spiro atoms. The number of aryl methyl sites for hydroxylation is 1. The minimum Gasteiger partial charge on any atom is -0.396 e. The first kappa shape index (κ1) is 17.0. The number of aliphatic hydroxyl groups is 1. The lowest BCUT2D eigenvalue weighted by Crippen LogP contribution is -2.48. The zero-order valence-corrected chi connectivity index (χ0v) is 13.8. The Morgan fingerprint density at radius 1 is 1.55 bits per heavy atom. The maximum absolute atomic E-state index is 12.8. The van der Waals surface area contributed by atoms with Crippen LogP contribution in [0.25, 0.3) is 0 Å². The third-order valence-electron chi connectivity index (χ3n) is 4.75. The molecule has 6 heteroatoms. The lowest BCUT2D eigenvalue weighted by molar-refractivity contribution is 0.00895. The van der Waals surface area contributed by atoms with Gasteiger partial charge in [0.25, 0.3) is 5.91 Å².